The van der Waals surface area contributed by atoms with E-state index >= 15 is 0 Å². The Morgan fingerprint density at radius 3 is 2.41 bits per heavy atom. The normalized spacial score (nSPS) is 10.4. The van der Waals surface area contributed by atoms with Gasteiger partial charge >= 0.3 is 0 Å². The molecule has 7 heteroatoms. The minimum Gasteiger partial charge on any atom is -0.492 e. The molecule has 2 rings (SSSR count). The van der Waals surface area contributed by atoms with Crippen LogP contribution in [0.3, 0.4) is 0 Å². The number of halogens is 2. The first-order chi connectivity index (χ1) is 12.8. The lowest BCUT2D eigenvalue weighted by Crippen LogP contribution is -2.23. The predicted molar refractivity (Wildman–Crippen MR) is 109 cm³/mol. The zero-order valence-corrected chi connectivity index (χ0v) is 16.8. The molecule has 27 heavy (non-hydrogen) atoms. The molecule has 0 saturated heterocycles. The first-order valence-corrected chi connectivity index (χ1v) is 9.27. The van der Waals surface area contributed by atoms with Crippen molar-refractivity contribution in [1.82, 2.24) is 4.90 Å². The molecule has 2 aromatic rings. The minimum absolute atomic E-state index is 0.0348. The van der Waals surface area contributed by atoms with E-state index in [1.165, 1.54) is 0 Å². The monoisotopic (exact) mass is 408 g/mol. The number of hydrogen-bond acceptors (Lipinski definition) is 3. The molecule has 2 amide bonds. The molecule has 5 nitrogen and oxygen atoms in total. The molecule has 144 valence electrons. The van der Waals surface area contributed by atoms with Gasteiger partial charge in [0.05, 0.1) is 18.1 Å². The molecular formula is C20H22Cl2N2O3. The number of amides is 2. The third-order valence-corrected chi connectivity index (χ3v) is 4.32. The Morgan fingerprint density at radius 2 is 1.78 bits per heavy atom. The average molecular weight is 409 g/mol. The lowest BCUT2D eigenvalue weighted by molar-refractivity contribution is -0.128. The number of carbonyl (C=O) groups excluding carboxylic acids is 2. The van der Waals surface area contributed by atoms with Crippen LogP contribution < -0.4 is 10.1 Å². The van der Waals surface area contributed by atoms with Gasteiger partial charge in [-0.2, -0.15) is 0 Å². The largest absolute Gasteiger partial charge is 0.492 e. The maximum atomic E-state index is 12.0. The van der Waals surface area contributed by atoms with Crippen LogP contribution >= 0.6 is 23.2 Å². The molecule has 0 radical (unpaired) electrons. The van der Waals surface area contributed by atoms with Gasteiger partial charge in [0, 0.05) is 31.2 Å². The van der Waals surface area contributed by atoms with Crippen molar-refractivity contribution in [2.45, 2.75) is 19.3 Å². The van der Waals surface area contributed by atoms with E-state index in [1.807, 2.05) is 12.1 Å². The Morgan fingerprint density at radius 1 is 1.07 bits per heavy atom. The molecule has 0 unspecified atom stereocenters. The number of ether oxygens (including phenoxy) is 1. The highest BCUT2D eigenvalue weighted by atomic mass is 35.5. The van der Waals surface area contributed by atoms with Crippen LogP contribution in [-0.2, 0) is 16.0 Å². The molecule has 2 aromatic carbocycles. The van der Waals surface area contributed by atoms with E-state index in [2.05, 4.69) is 5.32 Å². The van der Waals surface area contributed by atoms with Gasteiger partial charge in [0.25, 0.3) is 0 Å². The highest BCUT2D eigenvalue weighted by molar-refractivity contribution is 6.35. The topological polar surface area (TPSA) is 58.6 Å². The summed E-state index contributed by atoms with van der Waals surface area (Å²) in [4.78, 5) is 25.3. The number of benzene rings is 2. The third-order valence-electron chi connectivity index (χ3n) is 3.79. The first-order valence-electron chi connectivity index (χ1n) is 8.52. The second kappa shape index (κ2) is 10.2. The van der Waals surface area contributed by atoms with Crippen LogP contribution in [0, 0.1) is 0 Å². The fourth-order valence-electron chi connectivity index (χ4n) is 2.27. The van der Waals surface area contributed by atoms with E-state index in [4.69, 9.17) is 27.9 Å². The summed E-state index contributed by atoms with van der Waals surface area (Å²) in [6.45, 7) is 0.375. The summed E-state index contributed by atoms with van der Waals surface area (Å²) in [5.74, 6) is 0.481. The number of hydrogen-bond donors (Lipinski definition) is 1. The van der Waals surface area contributed by atoms with Crippen LogP contribution in [0.1, 0.15) is 18.4 Å². The van der Waals surface area contributed by atoms with Crippen molar-refractivity contribution in [2.75, 3.05) is 26.0 Å². The fourth-order valence-corrected chi connectivity index (χ4v) is 2.73. The highest BCUT2D eigenvalue weighted by Gasteiger charge is 2.07. The van der Waals surface area contributed by atoms with Gasteiger partial charge in [-0.05, 0) is 42.3 Å². The number of likely N-dealkylation sites (N-methyl/N-ethyl adjacent to an activating group) is 1. The molecule has 0 aliphatic heterocycles. The molecule has 0 fully saturated rings. The standard InChI is InChI=1S/C20H22Cl2N2O3/c1-24(2)20(26)12-14-5-8-16(9-6-14)23-19(25)4-3-11-27-18-10-7-15(21)13-17(18)22/h5-10,13H,3-4,11-12H2,1-2H3,(H,23,25). The van der Waals surface area contributed by atoms with Gasteiger partial charge in [-0.3, -0.25) is 9.59 Å². The SMILES string of the molecule is CN(C)C(=O)Cc1ccc(NC(=O)CCCOc2ccc(Cl)cc2Cl)cc1. The van der Waals surface area contributed by atoms with E-state index in [0.29, 0.717) is 47.4 Å². The summed E-state index contributed by atoms with van der Waals surface area (Å²) in [5, 5.41) is 3.82. The summed E-state index contributed by atoms with van der Waals surface area (Å²) in [7, 11) is 3.45. The Labute approximate surface area is 169 Å². The lowest BCUT2D eigenvalue weighted by Gasteiger charge is -2.11. The van der Waals surface area contributed by atoms with Gasteiger partial charge in [-0.15, -0.1) is 0 Å². The summed E-state index contributed by atoms with van der Waals surface area (Å²) in [6.07, 6.45) is 1.22. The van der Waals surface area contributed by atoms with Crippen LogP contribution in [0.15, 0.2) is 42.5 Å². The summed E-state index contributed by atoms with van der Waals surface area (Å²) in [6, 6.07) is 12.3. The number of anilines is 1. The second-order valence-electron chi connectivity index (χ2n) is 6.24. The third kappa shape index (κ3) is 7.12. The molecule has 0 aromatic heterocycles. The molecule has 0 heterocycles. The Kier molecular flexibility index (Phi) is 7.95. The maximum absolute atomic E-state index is 12.0. The maximum Gasteiger partial charge on any atom is 0.226 e. The van der Waals surface area contributed by atoms with Crippen LogP contribution in [-0.4, -0.2) is 37.4 Å². The number of nitrogens with one attached hydrogen (secondary N) is 1. The molecule has 0 spiro atoms. The van der Waals surface area contributed by atoms with E-state index in [0.717, 1.165) is 5.56 Å². The predicted octanol–water partition coefficient (Wildman–Crippen LogP) is 4.42. The Hall–Kier alpha value is -2.24. The van der Waals surface area contributed by atoms with E-state index in [9.17, 15) is 9.59 Å². The van der Waals surface area contributed by atoms with Crippen molar-refractivity contribution in [3.63, 3.8) is 0 Å². The average Bonchev–Trinajstić information content (AvgIpc) is 2.61. The quantitative estimate of drug-likeness (QED) is 0.657. The van der Waals surface area contributed by atoms with Crippen molar-refractivity contribution in [2.24, 2.45) is 0 Å². The van der Waals surface area contributed by atoms with Crippen molar-refractivity contribution in [1.29, 1.82) is 0 Å². The van der Waals surface area contributed by atoms with Gasteiger partial charge < -0.3 is 15.0 Å². The summed E-state index contributed by atoms with van der Waals surface area (Å²) < 4.78 is 5.56. The summed E-state index contributed by atoms with van der Waals surface area (Å²) >= 11 is 11.9. The molecule has 1 N–H and O–H groups in total. The molecule has 0 aliphatic carbocycles. The van der Waals surface area contributed by atoms with Gasteiger partial charge in [-0.1, -0.05) is 35.3 Å². The molecule has 0 aliphatic rings. The Balaban J connectivity index is 1.73. The van der Waals surface area contributed by atoms with Crippen LogP contribution in [0.25, 0.3) is 0 Å². The first kappa shape index (κ1) is 21.1. The zero-order chi connectivity index (χ0) is 19.8. The van der Waals surface area contributed by atoms with Gasteiger partial charge in [0.1, 0.15) is 5.75 Å². The van der Waals surface area contributed by atoms with Crippen LogP contribution in [0.4, 0.5) is 5.69 Å². The zero-order valence-electron chi connectivity index (χ0n) is 15.3. The molecule has 0 atom stereocenters. The van der Waals surface area contributed by atoms with Gasteiger partial charge in [0.2, 0.25) is 11.8 Å². The van der Waals surface area contributed by atoms with Crippen molar-refractivity contribution in [3.8, 4) is 5.75 Å². The number of nitrogens with zero attached hydrogens (tertiary/aromatic N) is 1. The van der Waals surface area contributed by atoms with Crippen molar-refractivity contribution in [3.05, 3.63) is 58.1 Å². The van der Waals surface area contributed by atoms with Gasteiger partial charge in [0.15, 0.2) is 0 Å². The fraction of sp³-hybridized carbons (Fsp3) is 0.300. The molecule has 0 bridgehead atoms. The van der Waals surface area contributed by atoms with E-state index in [-0.39, 0.29) is 11.8 Å². The van der Waals surface area contributed by atoms with E-state index in [1.54, 1.807) is 49.3 Å². The number of carbonyl (C=O) groups is 2. The van der Waals surface area contributed by atoms with E-state index < -0.39 is 0 Å². The van der Waals surface area contributed by atoms with Gasteiger partial charge in [-0.25, -0.2) is 0 Å². The second-order valence-corrected chi connectivity index (χ2v) is 7.08. The minimum atomic E-state index is -0.0991. The highest BCUT2D eigenvalue weighted by Crippen LogP contribution is 2.27. The summed E-state index contributed by atoms with van der Waals surface area (Å²) in [5.41, 5.74) is 1.60. The number of rotatable bonds is 8. The van der Waals surface area contributed by atoms with Crippen LogP contribution in [0.5, 0.6) is 5.75 Å². The molecular weight excluding hydrogens is 387 g/mol. The smallest absolute Gasteiger partial charge is 0.226 e. The van der Waals surface area contributed by atoms with Crippen molar-refractivity contribution < 1.29 is 14.3 Å². The lowest BCUT2D eigenvalue weighted by atomic mass is 10.1. The van der Waals surface area contributed by atoms with Crippen molar-refractivity contribution >= 4 is 40.7 Å². The Bertz CT molecular complexity index is 792. The molecule has 0 saturated carbocycles. The van der Waals surface area contributed by atoms with Crippen LogP contribution in [0.2, 0.25) is 10.0 Å².